The maximum atomic E-state index is 6.39. The molecule has 174 valence electrons. The Bertz CT molecular complexity index is 1730. The summed E-state index contributed by atoms with van der Waals surface area (Å²) >= 11 is 0. The molecule has 0 saturated heterocycles. The van der Waals surface area contributed by atoms with Gasteiger partial charge in [-0.3, -0.25) is 4.57 Å². The van der Waals surface area contributed by atoms with Crippen LogP contribution in [-0.2, 0) is 0 Å². The molecule has 0 bridgehead atoms. The third-order valence-electron chi connectivity index (χ3n) is 6.73. The topological polar surface area (TPSA) is 33.5 Å². The van der Waals surface area contributed by atoms with Gasteiger partial charge in [-0.15, -0.1) is 0 Å². The lowest BCUT2D eigenvalue weighted by Gasteiger charge is -2.21. The van der Waals surface area contributed by atoms with Crippen LogP contribution in [0.2, 0.25) is 0 Å². The molecule has 0 N–H and O–H groups in total. The van der Waals surface area contributed by atoms with Gasteiger partial charge in [0.2, 0.25) is 0 Å². The molecule has 4 heterocycles. The average molecular weight is 469 g/mol. The Labute approximate surface area is 209 Å². The molecule has 0 unspecified atom stereocenters. The van der Waals surface area contributed by atoms with Gasteiger partial charge in [-0.1, -0.05) is 30.3 Å². The van der Waals surface area contributed by atoms with E-state index < -0.39 is 0 Å². The zero-order chi connectivity index (χ0) is 24.1. The van der Waals surface area contributed by atoms with Crippen molar-refractivity contribution in [1.82, 2.24) is 14.5 Å². The lowest BCUT2D eigenvalue weighted by atomic mass is 10.1. The number of rotatable bonds is 4. The molecular formula is C31H24N4O. The van der Waals surface area contributed by atoms with Crippen molar-refractivity contribution in [3.05, 3.63) is 127 Å². The fraction of sp³-hybridized carbons (Fsp3) is 0.0645. The van der Waals surface area contributed by atoms with Gasteiger partial charge in [-0.2, -0.15) is 0 Å². The summed E-state index contributed by atoms with van der Waals surface area (Å²) < 4.78 is 8.61. The van der Waals surface area contributed by atoms with Crippen LogP contribution in [0.4, 0.5) is 5.69 Å². The minimum absolute atomic E-state index is 0.787. The van der Waals surface area contributed by atoms with E-state index in [1.54, 1.807) is 0 Å². The number of para-hydroxylation sites is 1. The standard InChI is InChI=1S/C31H24N4O/c1-22-14-15-32-31(17-22)35-29-11-3-2-10-27(29)28-13-12-26(19-30(28)35)36-25-9-6-8-23(18-25)34-20-24-7-4-5-16-33(24)21-34/h2-20H,21H2,1H3. The summed E-state index contributed by atoms with van der Waals surface area (Å²) in [7, 11) is 0. The predicted molar refractivity (Wildman–Crippen MR) is 145 cm³/mol. The first-order valence-corrected chi connectivity index (χ1v) is 12.1. The van der Waals surface area contributed by atoms with Crippen molar-refractivity contribution in [2.24, 2.45) is 0 Å². The van der Waals surface area contributed by atoms with Crippen LogP contribution in [0, 0.1) is 6.92 Å². The Morgan fingerprint density at radius 1 is 0.778 bits per heavy atom. The first-order valence-electron chi connectivity index (χ1n) is 12.1. The van der Waals surface area contributed by atoms with Crippen molar-refractivity contribution < 1.29 is 4.74 Å². The molecule has 3 aromatic carbocycles. The molecule has 2 aromatic heterocycles. The Balaban J connectivity index is 1.27. The third-order valence-corrected chi connectivity index (χ3v) is 6.73. The average Bonchev–Trinajstić information content (AvgIpc) is 3.48. The van der Waals surface area contributed by atoms with E-state index >= 15 is 0 Å². The van der Waals surface area contributed by atoms with Crippen molar-refractivity contribution >= 4 is 27.5 Å². The summed E-state index contributed by atoms with van der Waals surface area (Å²) in [5.74, 6) is 2.50. The van der Waals surface area contributed by atoms with Gasteiger partial charge in [0.1, 0.15) is 17.3 Å². The van der Waals surface area contributed by atoms with Crippen LogP contribution in [0.5, 0.6) is 11.5 Å². The summed E-state index contributed by atoms with van der Waals surface area (Å²) in [6, 6.07) is 27.1. The zero-order valence-corrected chi connectivity index (χ0v) is 19.9. The van der Waals surface area contributed by atoms with E-state index in [4.69, 9.17) is 4.74 Å². The van der Waals surface area contributed by atoms with Crippen LogP contribution in [0.1, 0.15) is 5.56 Å². The highest BCUT2D eigenvalue weighted by molar-refractivity contribution is 6.09. The van der Waals surface area contributed by atoms with Crippen molar-refractivity contribution in [2.45, 2.75) is 6.92 Å². The van der Waals surface area contributed by atoms with Crippen LogP contribution in [-0.4, -0.2) is 21.1 Å². The largest absolute Gasteiger partial charge is 0.457 e. The van der Waals surface area contributed by atoms with Gasteiger partial charge in [0, 0.05) is 47.2 Å². The molecular weight excluding hydrogens is 444 g/mol. The number of hydrogen-bond donors (Lipinski definition) is 0. The van der Waals surface area contributed by atoms with E-state index in [-0.39, 0.29) is 0 Å². The van der Waals surface area contributed by atoms with Crippen molar-refractivity contribution in [1.29, 1.82) is 0 Å². The van der Waals surface area contributed by atoms with E-state index in [1.165, 1.54) is 22.0 Å². The number of hydrogen-bond acceptors (Lipinski definition) is 4. The van der Waals surface area contributed by atoms with Gasteiger partial charge in [0.15, 0.2) is 0 Å². The Morgan fingerprint density at radius 2 is 1.67 bits per heavy atom. The first-order chi connectivity index (χ1) is 17.7. The normalized spacial score (nSPS) is 14.5. The number of aromatic nitrogens is 2. The van der Waals surface area contributed by atoms with Crippen LogP contribution in [0.15, 0.2) is 121 Å². The molecule has 5 heteroatoms. The molecule has 0 radical (unpaired) electrons. The summed E-state index contributed by atoms with van der Waals surface area (Å²) in [6.07, 6.45) is 12.4. The van der Waals surface area contributed by atoms with Crippen molar-refractivity contribution in [3.63, 3.8) is 0 Å². The summed E-state index contributed by atoms with van der Waals surface area (Å²) in [6.45, 7) is 2.88. The number of fused-ring (bicyclic) bond motifs is 4. The summed E-state index contributed by atoms with van der Waals surface area (Å²) in [5, 5.41) is 2.38. The Hall–Kier alpha value is -4.77. The predicted octanol–water partition coefficient (Wildman–Crippen LogP) is 7.28. The van der Waals surface area contributed by atoms with Gasteiger partial charge in [0.25, 0.3) is 0 Å². The van der Waals surface area contributed by atoms with E-state index in [1.807, 2.05) is 30.5 Å². The second-order valence-corrected chi connectivity index (χ2v) is 9.16. The monoisotopic (exact) mass is 468 g/mol. The Kier molecular flexibility index (Phi) is 4.67. The SMILES string of the molecule is Cc1ccnc(-n2c3ccccc3c3ccc(Oc4cccc(N5C=C6C=CC=CN6C5)c4)cc32)c1. The number of ether oxygens (including phenoxy) is 1. The molecule has 2 aliphatic heterocycles. The molecule has 5 nitrogen and oxygen atoms in total. The van der Waals surface area contributed by atoms with Gasteiger partial charge in [-0.25, -0.2) is 4.98 Å². The fourth-order valence-electron chi connectivity index (χ4n) is 5.02. The van der Waals surface area contributed by atoms with Crippen LogP contribution < -0.4 is 9.64 Å². The van der Waals surface area contributed by atoms with Crippen LogP contribution in [0.25, 0.3) is 27.6 Å². The van der Waals surface area contributed by atoms with Crippen LogP contribution in [0.3, 0.4) is 0 Å². The maximum Gasteiger partial charge on any atom is 0.137 e. The smallest absolute Gasteiger partial charge is 0.137 e. The van der Waals surface area contributed by atoms with Gasteiger partial charge >= 0.3 is 0 Å². The highest BCUT2D eigenvalue weighted by atomic mass is 16.5. The minimum atomic E-state index is 0.787. The number of benzene rings is 3. The van der Waals surface area contributed by atoms with Gasteiger partial charge < -0.3 is 14.5 Å². The van der Waals surface area contributed by atoms with Gasteiger partial charge in [0.05, 0.1) is 23.4 Å². The number of pyridine rings is 1. The molecule has 0 atom stereocenters. The lowest BCUT2D eigenvalue weighted by Crippen LogP contribution is -2.22. The van der Waals surface area contributed by atoms with Crippen molar-refractivity contribution in [3.8, 4) is 17.3 Å². The van der Waals surface area contributed by atoms with E-state index in [0.717, 1.165) is 40.7 Å². The molecule has 0 saturated carbocycles. The number of nitrogens with zero attached hydrogens (tertiary/aromatic N) is 4. The molecule has 0 amide bonds. The van der Waals surface area contributed by atoms with E-state index in [2.05, 4.69) is 111 Å². The second-order valence-electron chi connectivity index (χ2n) is 9.16. The second kappa shape index (κ2) is 8.17. The molecule has 0 spiro atoms. The molecule has 5 aromatic rings. The highest BCUT2D eigenvalue weighted by Crippen LogP contribution is 2.36. The van der Waals surface area contributed by atoms with Gasteiger partial charge in [-0.05, 0) is 67.1 Å². The van der Waals surface area contributed by atoms with Crippen LogP contribution >= 0.6 is 0 Å². The fourth-order valence-corrected chi connectivity index (χ4v) is 5.02. The minimum Gasteiger partial charge on any atom is -0.457 e. The quantitative estimate of drug-likeness (QED) is 0.277. The zero-order valence-electron chi connectivity index (χ0n) is 19.9. The van der Waals surface area contributed by atoms with Crippen molar-refractivity contribution in [2.75, 3.05) is 11.6 Å². The lowest BCUT2D eigenvalue weighted by molar-refractivity contribution is 0.482. The van der Waals surface area contributed by atoms with E-state index in [9.17, 15) is 0 Å². The molecule has 2 aliphatic rings. The Morgan fingerprint density at radius 3 is 2.58 bits per heavy atom. The number of anilines is 1. The third kappa shape index (κ3) is 3.45. The number of aryl methyl sites for hydroxylation is 1. The summed E-state index contributed by atoms with van der Waals surface area (Å²) in [5.41, 5.74) is 5.66. The molecule has 0 aliphatic carbocycles. The maximum absolute atomic E-state index is 6.39. The highest BCUT2D eigenvalue weighted by Gasteiger charge is 2.20. The molecule has 7 rings (SSSR count). The first kappa shape index (κ1) is 20.6. The summed E-state index contributed by atoms with van der Waals surface area (Å²) in [4.78, 5) is 9.13. The molecule has 36 heavy (non-hydrogen) atoms. The van der Waals surface area contributed by atoms with E-state index in [0.29, 0.717) is 0 Å². The number of allylic oxidation sites excluding steroid dienone is 3. The molecule has 0 fully saturated rings.